The van der Waals surface area contributed by atoms with Crippen LogP contribution in [0.5, 0.6) is 0 Å². The van der Waals surface area contributed by atoms with E-state index in [0.717, 1.165) is 31.7 Å². The zero-order valence-electron chi connectivity index (χ0n) is 14.7. The summed E-state index contributed by atoms with van der Waals surface area (Å²) in [4.78, 5) is 4.86. The predicted molar refractivity (Wildman–Crippen MR) is 89.2 cm³/mol. The van der Waals surface area contributed by atoms with Crippen molar-refractivity contribution in [1.82, 2.24) is 15.1 Å². The normalized spacial score (nSPS) is 22.7. The molecule has 0 aromatic heterocycles. The fourth-order valence-electron chi connectivity index (χ4n) is 3.43. The molecule has 0 bridgehead atoms. The van der Waals surface area contributed by atoms with E-state index in [9.17, 15) is 5.26 Å². The van der Waals surface area contributed by atoms with Crippen molar-refractivity contribution in [1.29, 1.82) is 5.26 Å². The largest absolute Gasteiger partial charge is 0.306 e. The smallest absolute Gasteiger partial charge is 0.106 e. The Morgan fingerprint density at radius 1 is 1.48 bits per heavy atom. The summed E-state index contributed by atoms with van der Waals surface area (Å²) in [7, 11) is 4.42. The van der Waals surface area contributed by atoms with Gasteiger partial charge in [0.1, 0.15) is 5.54 Å². The molecule has 0 aromatic rings. The molecule has 0 radical (unpaired) electrons. The van der Waals surface area contributed by atoms with Crippen molar-refractivity contribution in [2.24, 2.45) is 5.92 Å². The molecule has 4 nitrogen and oxygen atoms in total. The van der Waals surface area contributed by atoms with E-state index in [2.05, 4.69) is 56.1 Å². The Labute approximate surface area is 131 Å². The molecule has 2 atom stereocenters. The van der Waals surface area contributed by atoms with E-state index in [-0.39, 0.29) is 5.54 Å². The van der Waals surface area contributed by atoms with E-state index in [1.807, 2.05) is 0 Å². The highest BCUT2D eigenvalue weighted by Crippen LogP contribution is 2.19. The van der Waals surface area contributed by atoms with Crippen LogP contribution in [0, 0.1) is 17.2 Å². The molecule has 0 spiro atoms. The summed E-state index contributed by atoms with van der Waals surface area (Å²) in [5, 5.41) is 13.0. The van der Waals surface area contributed by atoms with Crippen LogP contribution >= 0.6 is 0 Å². The molecule has 1 rings (SSSR count). The lowest BCUT2D eigenvalue weighted by Crippen LogP contribution is -2.47. The molecular weight excluding hydrogens is 260 g/mol. The minimum Gasteiger partial charge on any atom is -0.306 e. The van der Waals surface area contributed by atoms with E-state index in [4.69, 9.17) is 0 Å². The maximum Gasteiger partial charge on any atom is 0.106 e. The van der Waals surface area contributed by atoms with Gasteiger partial charge in [-0.1, -0.05) is 6.92 Å². The third-order valence-corrected chi connectivity index (χ3v) is 4.58. The lowest BCUT2D eigenvalue weighted by molar-refractivity contribution is 0.252. The molecule has 2 unspecified atom stereocenters. The molecule has 0 amide bonds. The molecule has 1 N–H and O–H groups in total. The minimum absolute atomic E-state index is 0.345. The number of nitrogens with one attached hydrogen (secondary N) is 1. The van der Waals surface area contributed by atoms with Crippen molar-refractivity contribution >= 4 is 0 Å². The van der Waals surface area contributed by atoms with Gasteiger partial charge in [0.05, 0.1) is 6.07 Å². The van der Waals surface area contributed by atoms with Crippen molar-refractivity contribution in [2.75, 3.05) is 40.3 Å². The van der Waals surface area contributed by atoms with Crippen LogP contribution in [0.1, 0.15) is 46.5 Å². The lowest BCUT2D eigenvalue weighted by atomic mass is 9.91. The molecular formula is C17H34N4. The van der Waals surface area contributed by atoms with E-state index in [1.54, 1.807) is 0 Å². The van der Waals surface area contributed by atoms with Gasteiger partial charge < -0.3 is 9.80 Å². The fraction of sp³-hybridized carbons (Fsp3) is 0.941. The average molecular weight is 294 g/mol. The topological polar surface area (TPSA) is 42.3 Å². The Hall–Kier alpha value is -0.630. The van der Waals surface area contributed by atoms with Gasteiger partial charge in [0.25, 0.3) is 0 Å². The molecule has 1 aliphatic heterocycles. The van der Waals surface area contributed by atoms with Gasteiger partial charge in [-0.3, -0.25) is 5.32 Å². The standard InChI is InChI=1S/C17H34N4/c1-6-17(14-18,19-15(2)3)9-7-10-20(4)12-16-8-11-21(5)13-16/h15-16,19H,6-13H2,1-5H3. The van der Waals surface area contributed by atoms with Crippen LogP contribution in [-0.4, -0.2) is 61.7 Å². The summed E-state index contributed by atoms with van der Waals surface area (Å²) in [5.74, 6) is 0.820. The second-order valence-electron chi connectivity index (χ2n) is 7.13. The second-order valence-corrected chi connectivity index (χ2v) is 7.13. The average Bonchev–Trinajstić information content (AvgIpc) is 2.82. The van der Waals surface area contributed by atoms with E-state index in [0.29, 0.717) is 6.04 Å². The molecule has 0 aliphatic carbocycles. The van der Waals surface area contributed by atoms with Crippen LogP contribution in [0.15, 0.2) is 0 Å². The lowest BCUT2D eigenvalue weighted by Gasteiger charge is -2.30. The van der Waals surface area contributed by atoms with Crippen molar-refractivity contribution < 1.29 is 0 Å². The summed E-state index contributed by atoms with van der Waals surface area (Å²) < 4.78 is 0. The molecule has 1 aliphatic rings. The molecule has 4 heteroatoms. The van der Waals surface area contributed by atoms with Crippen molar-refractivity contribution in [3.8, 4) is 6.07 Å². The van der Waals surface area contributed by atoms with Crippen LogP contribution in [0.3, 0.4) is 0 Å². The maximum atomic E-state index is 9.52. The van der Waals surface area contributed by atoms with Gasteiger partial charge in [-0.15, -0.1) is 0 Å². The van der Waals surface area contributed by atoms with Gasteiger partial charge in [0.2, 0.25) is 0 Å². The highest BCUT2D eigenvalue weighted by molar-refractivity contribution is 5.06. The summed E-state index contributed by atoms with van der Waals surface area (Å²) in [5.41, 5.74) is -0.345. The van der Waals surface area contributed by atoms with Gasteiger partial charge in [-0.2, -0.15) is 5.26 Å². The van der Waals surface area contributed by atoms with Crippen molar-refractivity contribution in [2.45, 2.75) is 58.0 Å². The first-order chi connectivity index (χ1) is 9.90. The van der Waals surface area contributed by atoms with Gasteiger partial charge in [0.15, 0.2) is 0 Å². The Morgan fingerprint density at radius 2 is 2.19 bits per heavy atom. The number of rotatable bonds is 9. The monoisotopic (exact) mass is 294 g/mol. The van der Waals surface area contributed by atoms with Crippen LogP contribution in [0.4, 0.5) is 0 Å². The number of nitrogens with zero attached hydrogens (tertiary/aromatic N) is 3. The predicted octanol–water partition coefficient (Wildman–Crippen LogP) is 2.32. The summed E-state index contributed by atoms with van der Waals surface area (Å²) in [6, 6.07) is 2.87. The first-order valence-electron chi connectivity index (χ1n) is 8.47. The number of hydrogen-bond acceptors (Lipinski definition) is 4. The Balaban J connectivity index is 2.31. The molecule has 1 fully saturated rings. The number of hydrogen-bond donors (Lipinski definition) is 1. The molecule has 0 saturated carbocycles. The Kier molecular flexibility index (Phi) is 7.65. The SMILES string of the molecule is CCC(C#N)(CCCN(C)CC1CCN(C)C1)NC(C)C. The zero-order chi connectivity index (χ0) is 15.9. The van der Waals surface area contributed by atoms with Crippen LogP contribution in [0.25, 0.3) is 0 Å². The number of nitriles is 1. The Morgan fingerprint density at radius 3 is 2.67 bits per heavy atom. The first-order valence-corrected chi connectivity index (χ1v) is 8.47. The highest BCUT2D eigenvalue weighted by Gasteiger charge is 2.28. The van der Waals surface area contributed by atoms with E-state index in [1.165, 1.54) is 26.1 Å². The third kappa shape index (κ3) is 6.34. The van der Waals surface area contributed by atoms with Gasteiger partial charge >= 0.3 is 0 Å². The van der Waals surface area contributed by atoms with Gasteiger partial charge in [0, 0.05) is 19.1 Å². The fourth-order valence-corrected chi connectivity index (χ4v) is 3.43. The quantitative estimate of drug-likeness (QED) is 0.709. The summed E-state index contributed by atoms with van der Waals surface area (Å²) >= 11 is 0. The third-order valence-electron chi connectivity index (χ3n) is 4.58. The minimum atomic E-state index is -0.345. The Bertz CT molecular complexity index is 336. The number of likely N-dealkylation sites (tertiary alicyclic amines) is 1. The molecule has 21 heavy (non-hydrogen) atoms. The summed E-state index contributed by atoms with van der Waals surface area (Å²) in [6.45, 7) is 11.1. The molecule has 1 heterocycles. The van der Waals surface area contributed by atoms with Crippen LogP contribution < -0.4 is 5.32 Å². The first kappa shape index (κ1) is 18.4. The van der Waals surface area contributed by atoms with Gasteiger partial charge in [-0.05, 0) is 72.6 Å². The van der Waals surface area contributed by atoms with E-state index < -0.39 is 0 Å². The molecule has 0 aromatic carbocycles. The van der Waals surface area contributed by atoms with Crippen molar-refractivity contribution in [3.63, 3.8) is 0 Å². The van der Waals surface area contributed by atoms with E-state index >= 15 is 0 Å². The van der Waals surface area contributed by atoms with Crippen LogP contribution in [0.2, 0.25) is 0 Å². The maximum absolute atomic E-state index is 9.52. The van der Waals surface area contributed by atoms with Crippen LogP contribution in [-0.2, 0) is 0 Å². The second kappa shape index (κ2) is 8.73. The zero-order valence-corrected chi connectivity index (χ0v) is 14.7. The van der Waals surface area contributed by atoms with Crippen molar-refractivity contribution in [3.05, 3.63) is 0 Å². The molecule has 122 valence electrons. The summed E-state index contributed by atoms with van der Waals surface area (Å²) in [6.07, 6.45) is 4.22. The highest BCUT2D eigenvalue weighted by atomic mass is 15.1. The van der Waals surface area contributed by atoms with Gasteiger partial charge in [-0.25, -0.2) is 0 Å². The molecule has 1 saturated heterocycles.